The molecule has 200 valence electrons. The van der Waals surface area contributed by atoms with Crippen LogP contribution >= 0.6 is 0 Å². The minimum Gasteiger partial charge on any atom is -0.545 e. The van der Waals surface area contributed by atoms with E-state index in [0.717, 1.165) is 53.7 Å². The van der Waals surface area contributed by atoms with Gasteiger partial charge in [0.15, 0.2) is 0 Å². The average molecular weight is 542 g/mol. The van der Waals surface area contributed by atoms with Gasteiger partial charge in [0.2, 0.25) is 5.36 Å². The summed E-state index contributed by atoms with van der Waals surface area (Å²) < 4.78 is 13.7. The number of nitrogens with zero attached hydrogens (tertiary/aromatic N) is 2. The zero-order valence-electron chi connectivity index (χ0n) is 23.5. The number of anilines is 1. The van der Waals surface area contributed by atoms with Gasteiger partial charge in [-0.15, -0.1) is 0 Å². The number of methoxy groups -OCH3 is 1. The third-order valence-corrected chi connectivity index (χ3v) is 6.88. The van der Waals surface area contributed by atoms with Crippen molar-refractivity contribution in [3.8, 4) is 22.5 Å². The van der Waals surface area contributed by atoms with Crippen molar-refractivity contribution in [3.05, 3.63) is 71.1 Å². The summed E-state index contributed by atoms with van der Waals surface area (Å²) in [5.74, 6) is -1.31. The van der Waals surface area contributed by atoms with Crippen LogP contribution in [0, 0.1) is 0 Å². The predicted octanol–water partition coefficient (Wildman–Crippen LogP) is 0.192. The number of carbonyl (C=O) groups excluding carboxylic acids is 2. The number of rotatable bonds is 8. The van der Waals surface area contributed by atoms with Crippen molar-refractivity contribution in [2.75, 3.05) is 38.2 Å². The van der Waals surface area contributed by atoms with Gasteiger partial charge >= 0.3 is 35.5 Å². The number of fused-ring (bicyclic) bond motifs is 2. The standard InChI is InChI=1S/C30H32N2O5.Na.H2O/c1-6-31(7-2)20-11-14-23-26(17-20)37-27-18-21(32(8-3)9-4)12-15-24(27)28(23)22-13-10-19(29(33)34)16-25(22)30(35)36-5;;/h10-18H,6-9H2,1-5H3;;1H2/q;+1;. The molecule has 0 bridgehead atoms. The molecule has 2 aromatic rings. The van der Waals surface area contributed by atoms with E-state index in [0.29, 0.717) is 16.9 Å². The van der Waals surface area contributed by atoms with Crippen LogP contribution < -0.4 is 49.5 Å². The average Bonchev–Trinajstić information content (AvgIpc) is 2.92. The summed E-state index contributed by atoms with van der Waals surface area (Å²) in [6, 6.07) is 16.5. The summed E-state index contributed by atoms with van der Waals surface area (Å²) >= 11 is 0. The first kappa shape index (κ1) is 32.0. The minimum absolute atomic E-state index is 0. The van der Waals surface area contributed by atoms with Crippen LogP contribution in [0.15, 0.2) is 59.0 Å². The number of ether oxygens (including phenoxy) is 1. The fourth-order valence-electron chi connectivity index (χ4n) is 4.90. The summed E-state index contributed by atoms with van der Waals surface area (Å²) in [4.78, 5) is 26.6. The molecule has 0 radical (unpaired) electrons. The molecule has 2 aromatic carbocycles. The Kier molecular flexibility index (Phi) is 11.3. The Balaban J connectivity index is 0.00000267. The molecule has 0 spiro atoms. The van der Waals surface area contributed by atoms with E-state index >= 15 is 0 Å². The van der Waals surface area contributed by atoms with Crippen molar-refractivity contribution in [1.82, 2.24) is 4.58 Å². The second-order valence-corrected chi connectivity index (χ2v) is 8.72. The fourth-order valence-corrected chi connectivity index (χ4v) is 4.90. The maximum atomic E-state index is 12.8. The smallest absolute Gasteiger partial charge is 0.545 e. The van der Waals surface area contributed by atoms with E-state index in [1.165, 1.54) is 19.2 Å². The minimum atomic E-state index is -1.36. The number of hydrogen-bond acceptors (Lipinski definition) is 6. The van der Waals surface area contributed by atoms with Gasteiger partial charge in [0.25, 0.3) is 0 Å². The van der Waals surface area contributed by atoms with Gasteiger partial charge in [-0.3, -0.25) is 0 Å². The molecule has 1 heterocycles. The second-order valence-electron chi connectivity index (χ2n) is 8.72. The predicted molar refractivity (Wildman–Crippen MR) is 147 cm³/mol. The van der Waals surface area contributed by atoms with E-state index in [4.69, 9.17) is 9.15 Å². The van der Waals surface area contributed by atoms with E-state index in [2.05, 4.69) is 37.2 Å². The number of carbonyl (C=O) groups is 2. The Morgan fingerprint density at radius 1 is 0.923 bits per heavy atom. The summed E-state index contributed by atoms with van der Waals surface area (Å²) in [6.45, 7) is 11.8. The van der Waals surface area contributed by atoms with Crippen LogP contribution in [-0.4, -0.2) is 50.7 Å². The number of carboxylic acids is 1. The summed E-state index contributed by atoms with van der Waals surface area (Å²) in [5, 5.41) is 13.4. The third kappa shape index (κ3) is 6.20. The number of esters is 1. The van der Waals surface area contributed by atoms with E-state index in [1.54, 1.807) is 6.07 Å². The Hall–Kier alpha value is -3.17. The van der Waals surface area contributed by atoms with Crippen LogP contribution in [0.2, 0.25) is 0 Å². The molecule has 2 N–H and O–H groups in total. The molecule has 0 saturated carbocycles. The molecule has 0 unspecified atom stereocenters. The summed E-state index contributed by atoms with van der Waals surface area (Å²) in [7, 11) is 1.28. The topological polar surface area (TPSA) is 117 Å². The van der Waals surface area contributed by atoms with E-state index in [1.807, 2.05) is 36.4 Å². The Labute approximate surface area is 250 Å². The van der Waals surface area contributed by atoms with Gasteiger partial charge in [0.05, 0.1) is 24.7 Å². The molecule has 1 aliphatic heterocycles. The zero-order chi connectivity index (χ0) is 26.7. The van der Waals surface area contributed by atoms with Gasteiger partial charge in [0, 0.05) is 47.4 Å². The molecule has 39 heavy (non-hydrogen) atoms. The van der Waals surface area contributed by atoms with E-state index < -0.39 is 11.9 Å². The fraction of sp³-hybridized carbons (Fsp3) is 0.300. The quantitative estimate of drug-likeness (QED) is 0.136. The monoisotopic (exact) mass is 541 g/mol. The van der Waals surface area contributed by atoms with Crippen molar-refractivity contribution < 1.29 is 58.9 Å². The normalized spacial score (nSPS) is 10.5. The maximum Gasteiger partial charge on any atom is 1.00 e. The number of carboxylic acid groups (broad SMARTS) is 1. The first-order valence-corrected chi connectivity index (χ1v) is 12.6. The van der Waals surface area contributed by atoms with Gasteiger partial charge < -0.3 is 29.4 Å². The molecular formula is C30H34N2NaO6+. The van der Waals surface area contributed by atoms with E-state index in [9.17, 15) is 14.7 Å². The zero-order valence-corrected chi connectivity index (χ0v) is 25.5. The third-order valence-electron chi connectivity index (χ3n) is 6.88. The SMILES string of the molecule is CCN(CC)c1ccc2c(-c3ccc(C(=O)[O-])cc3C(=O)OC)c3ccc(=[N+](CC)CC)cc-3oc2c1.O.[Na+]. The van der Waals surface area contributed by atoms with Crippen LogP contribution in [0.3, 0.4) is 0 Å². The molecule has 0 saturated heterocycles. The first-order valence-electron chi connectivity index (χ1n) is 12.6. The van der Waals surface area contributed by atoms with Crippen molar-refractivity contribution >= 4 is 28.6 Å². The second kappa shape index (κ2) is 13.8. The van der Waals surface area contributed by atoms with Crippen LogP contribution in [0.4, 0.5) is 5.69 Å². The molecular weight excluding hydrogens is 507 g/mol. The Morgan fingerprint density at radius 2 is 1.59 bits per heavy atom. The molecule has 8 nitrogen and oxygen atoms in total. The van der Waals surface area contributed by atoms with Crippen molar-refractivity contribution in [3.63, 3.8) is 0 Å². The van der Waals surface area contributed by atoms with Crippen LogP contribution in [0.5, 0.6) is 0 Å². The van der Waals surface area contributed by atoms with Gasteiger partial charge in [-0.2, -0.15) is 0 Å². The van der Waals surface area contributed by atoms with E-state index in [-0.39, 0.29) is 46.2 Å². The van der Waals surface area contributed by atoms with Gasteiger partial charge in [-0.25, -0.2) is 9.37 Å². The summed E-state index contributed by atoms with van der Waals surface area (Å²) in [6.07, 6.45) is 0. The largest absolute Gasteiger partial charge is 1.00 e. The number of aromatic carboxylic acids is 1. The van der Waals surface area contributed by atoms with Crippen LogP contribution in [0.1, 0.15) is 48.4 Å². The summed E-state index contributed by atoms with van der Waals surface area (Å²) in [5.41, 5.74) is 3.91. The van der Waals surface area contributed by atoms with Crippen LogP contribution in [-0.2, 0) is 4.74 Å². The van der Waals surface area contributed by atoms with Crippen molar-refractivity contribution in [2.45, 2.75) is 27.7 Å². The van der Waals surface area contributed by atoms with Crippen LogP contribution in [0.25, 0.3) is 33.4 Å². The maximum absolute atomic E-state index is 12.8. The molecule has 4 rings (SSSR count). The molecule has 0 amide bonds. The molecule has 2 aliphatic rings. The van der Waals surface area contributed by atoms with Gasteiger partial charge in [-0.05, 0) is 63.1 Å². The molecule has 0 aromatic heterocycles. The first-order chi connectivity index (χ1) is 17.9. The molecule has 0 fully saturated rings. The number of hydrogen-bond donors (Lipinski definition) is 0. The Morgan fingerprint density at radius 3 is 2.18 bits per heavy atom. The number of benzene rings is 3. The Bertz CT molecular complexity index is 1520. The molecule has 9 heteroatoms. The van der Waals surface area contributed by atoms with Crippen molar-refractivity contribution in [1.29, 1.82) is 0 Å². The van der Waals surface area contributed by atoms with Gasteiger partial charge in [-0.1, -0.05) is 12.1 Å². The molecule has 0 atom stereocenters. The molecule has 1 aliphatic carbocycles. The van der Waals surface area contributed by atoms with Gasteiger partial charge in [0.1, 0.15) is 24.4 Å². The van der Waals surface area contributed by atoms with Crippen molar-refractivity contribution in [2.24, 2.45) is 0 Å².